The van der Waals surface area contributed by atoms with E-state index < -0.39 is 0 Å². The van der Waals surface area contributed by atoms with Crippen LogP contribution >= 0.6 is 23.4 Å². The maximum absolute atomic E-state index is 13.5. The Kier molecular flexibility index (Phi) is 5.64. The molecule has 0 saturated heterocycles. The lowest BCUT2D eigenvalue weighted by atomic mass is 9.95. The molecule has 0 spiro atoms. The predicted molar refractivity (Wildman–Crippen MR) is 132 cm³/mol. The number of phenols is 1. The zero-order valence-electron chi connectivity index (χ0n) is 18.2. The highest BCUT2D eigenvalue weighted by Gasteiger charge is 2.42. The van der Waals surface area contributed by atoms with Gasteiger partial charge < -0.3 is 10.0 Å². The maximum Gasteiger partial charge on any atom is 0.273 e. The average molecular weight is 476 g/mol. The van der Waals surface area contributed by atoms with E-state index in [0.717, 1.165) is 27.1 Å². The number of hydrogen-bond donors (Lipinski definition) is 2. The number of halogens is 1. The number of aromatic hydroxyl groups is 1. The number of thioether (sulfide) groups is 1. The Morgan fingerprint density at radius 2 is 1.85 bits per heavy atom. The van der Waals surface area contributed by atoms with Crippen molar-refractivity contribution in [1.29, 1.82) is 0 Å². The van der Waals surface area contributed by atoms with Gasteiger partial charge in [-0.3, -0.25) is 9.89 Å². The highest BCUT2D eigenvalue weighted by Crippen LogP contribution is 2.46. The van der Waals surface area contributed by atoms with E-state index in [1.807, 2.05) is 48.4 Å². The van der Waals surface area contributed by atoms with E-state index in [1.165, 1.54) is 0 Å². The fourth-order valence-corrected chi connectivity index (χ4v) is 4.91. The van der Waals surface area contributed by atoms with E-state index in [9.17, 15) is 9.90 Å². The van der Waals surface area contributed by atoms with Crippen molar-refractivity contribution in [3.63, 3.8) is 0 Å². The van der Waals surface area contributed by atoms with Gasteiger partial charge in [-0.2, -0.15) is 5.10 Å². The summed E-state index contributed by atoms with van der Waals surface area (Å²) in [7, 11) is 0. The Hall–Kier alpha value is -3.22. The van der Waals surface area contributed by atoms with Crippen molar-refractivity contribution >= 4 is 29.3 Å². The van der Waals surface area contributed by atoms with Gasteiger partial charge in [-0.15, -0.1) is 11.8 Å². The van der Waals surface area contributed by atoms with E-state index in [0.29, 0.717) is 28.5 Å². The van der Waals surface area contributed by atoms with Crippen LogP contribution in [0.5, 0.6) is 5.75 Å². The lowest BCUT2D eigenvalue weighted by Crippen LogP contribution is -2.29. The third-order valence-corrected chi connectivity index (χ3v) is 7.17. The number of nitrogens with one attached hydrogen (secondary N) is 1. The topological polar surface area (TPSA) is 69.2 Å². The first-order valence-electron chi connectivity index (χ1n) is 10.5. The van der Waals surface area contributed by atoms with Crippen LogP contribution in [0.1, 0.15) is 38.8 Å². The summed E-state index contributed by atoms with van der Waals surface area (Å²) in [6.45, 7) is 2.29. The second-order valence-corrected chi connectivity index (χ2v) is 9.36. The molecule has 5 rings (SSSR count). The number of aromatic nitrogens is 2. The molecule has 4 aromatic rings. The Bertz CT molecular complexity index is 1340. The highest BCUT2D eigenvalue weighted by molar-refractivity contribution is 7.98. The number of fused-ring (bicyclic) bond motifs is 1. The summed E-state index contributed by atoms with van der Waals surface area (Å²) in [5.74, 6) is -0.0408. The summed E-state index contributed by atoms with van der Waals surface area (Å²) in [5.41, 5.74) is 5.03. The van der Waals surface area contributed by atoms with Gasteiger partial charge in [0, 0.05) is 27.6 Å². The van der Waals surface area contributed by atoms with Gasteiger partial charge in [0.2, 0.25) is 0 Å². The molecule has 1 aromatic heterocycles. The van der Waals surface area contributed by atoms with Gasteiger partial charge in [-0.05, 0) is 54.1 Å². The summed E-state index contributed by atoms with van der Waals surface area (Å²) in [5, 5.41) is 18.6. The largest absolute Gasteiger partial charge is 0.507 e. The Labute approximate surface area is 201 Å². The second-order valence-electron chi connectivity index (χ2n) is 8.07. The van der Waals surface area contributed by atoms with Crippen LogP contribution in [-0.2, 0) is 6.54 Å². The standard InChI is InChI=1S/C26H22ClN3O2S/c1-15-12-21(31)19(13-20(15)27)23-22-24(29-28-23)26(32)30(14-16-6-4-3-5-7-16)25(22)17-8-10-18(33-2)11-9-17/h3-13,25,31H,14H2,1-2H3,(H,28,29). The quantitative estimate of drug-likeness (QED) is 0.336. The van der Waals surface area contributed by atoms with Crippen molar-refractivity contribution in [1.82, 2.24) is 15.1 Å². The molecule has 1 aliphatic heterocycles. The highest BCUT2D eigenvalue weighted by atomic mass is 35.5. The van der Waals surface area contributed by atoms with Gasteiger partial charge in [-0.25, -0.2) is 0 Å². The van der Waals surface area contributed by atoms with Crippen molar-refractivity contribution < 1.29 is 9.90 Å². The van der Waals surface area contributed by atoms with Crippen molar-refractivity contribution in [3.8, 4) is 17.0 Å². The minimum absolute atomic E-state index is 0.0802. The molecular weight excluding hydrogens is 454 g/mol. The van der Waals surface area contributed by atoms with Crippen LogP contribution in [0.4, 0.5) is 0 Å². The van der Waals surface area contributed by atoms with E-state index >= 15 is 0 Å². The number of carbonyl (C=O) groups excluding carboxylic acids is 1. The molecule has 0 aliphatic carbocycles. The van der Waals surface area contributed by atoms with Gasteiger partial charge in [0.1, 0.15) is 17.1 Å². The molecule has 0 fully saturated rings. The van der Waals surface area contributed by atoms with Crippen LogP contribution in [0.15, 0.2) is 71.6 Å². The first kappa shape index (κ1) is 21.6. The third kappa shape index (κ3) is 3.79. The van der Waals surface area contributed by atoms with Crippen molar-refractivity contribution in [3.05, 3.63) is 99.7 Å². The van der Waals surface area contributed by atoms with Crippen LogP contribution in [0.2, 0.25) is 5.02 Å². The molecule has 3 aromatic carbocycles. The number of nitrogens with zero attached hydrogens (tertiary/aromatic N) is 2. The van der Waals surface area contributed by atoms with Gasteiger partial charge in [0.15, 0.2) is 0 Å². The fourth-order valence-electron chi connectivity index (χ4n) is 4.33. The molecule has 0 saturated carbocycles. The summed E-state index contributed by atoms with van der Waals surface area (Å²) in [4.78, 5) is 16.5. The van der Waals surface area contributed by atoms with E-state index in [4.69, 9.17) is 11.6 Å². The SMILES string of the molecule is CSc1ccc(C2c3c(-c4cc(Cl)c(C)cc4O)n[nH]c3C(=O)N2Cc2ccccc2)cc1. The van der Waals surface area contributed by atoms with Gasteiger partial charge in [-0.1, -0.05) is 54.1 Å². The second kappa shape index (κ2) is 8.61. The van der Waals surface area contributed by atoms with Crippen LogP contribution in [0.25, 0.3) is 11.3 Å². The summed E-state index contributed by atoms with van der Waals surface area (Å²) in [6.07, 6.45) is 2.03. The molecule has 1 unspecified atom stereocenters. The van der Waals surface area contributed by atoms with Crippen LogP contribution in [0, 0.1) is 6.92 Å². The number of aryl methyl sites for hydroxylation is 1. The van der Waals surface area contributed by atoms with Crippen LogP contribution < -0.4 is 0 Å². The maximum atomic E-state index is 13.5. The van der Waals surface area contributed by atoms with Crippen molar-refractivity contribution in [2.24, 2.45) is 0 Å². The number of carbonyl (C=O) groups is 1. The Morgan fingerprint density at radius 1 is 1.12 bits per heavy atom. The number of benzene rings is 3. The first-order valence-corrected chi connectivity index (χ1v) is 12.1. The normalized spacial score (nSPS) is 15.2. The minimum Gasteiger partial charge on any atom is -0.507 e. The van der Waals surface area contributed by atoms with Crippen molar-refractivity contribution in [2.45, 2.75) is 24.4 Å². The van der Waals surface area contributed by atoms with Gasteiger partial charge in [0.25, 0.3) is 5.91 Å². The molecule has 1 atom stereocenters. The Balaban J connectivity index is 1.67. The molecule has 1 aliphatic rings. The molecule has 1 amide bonds. The molecule has 5 nitrogen and oxygen atoms in total. The third-order valence-electron chi connectivity index (χ3n) is 6.02. The molecule has 166 valence electrons. The predicted octanol–water partition coefficient (Wildman–Crippen LogP) is 6.21. The number of aromatic amines is 1. The number of phenolic OH excluding ortho intramolecular Hbond substituents is 1. The lowest BCUT2D eigenvalue weighted by molar-refractivity contribution is 0.0730. The Morgan fingerprint density at radius 3 is 2.55 bits per heavy atom. The lowest BCUT2D eigenvalue weighted by Gasteiger charge is -2.26. The van der Waals surface area contributed by atoms with Gasteiger partial charge in [0.05, 0.1) is 6.04 Å². The van der Waals surface area contributed by atoms with Crippen molar-refractivity contribution in [2.75, 3.05) is 6.26 Å². The average Bonchev–Trinajstić information content (AvgIpc) is 3.36. The monoisotopic (exact) mass is 475 g/mol. The number of amides is 1. The van der Waals surface area contributed by atoms with Crippen LogP contribution in [-0.4, -0.2) is 32.4 Å². The minimum atomic E-state index is -0.350. The summed E-state index contributed by atoms with van der Waals surface area (Å²) < 4.78 is 0. The summed E-state index contributed by atoms with van der Waals surface area (Å²) >= 11 is 8.05. The first-order chi connectivity index (χ1) is 16.0. The van der Waals surface area contributed by atoms with E-state index in [-0.39, 0.29) is 17.7 Å². The fraction of sp³-hybridized carbons (Fsp3) is 0.154. The van der Waals surface area contributed by atoms with E-state index in [2.05, 4.69) is 34.5 Å². The smallest absolute Gasteiger partial charge is 0.273 e. The molecule has 2 N–H and O–H groups in total. The molecule has 0 bridgehead atoms. The van der Waals surface area contributed by atoms with Gasteiger partial charge >= 0.3 is 0 Å². The molecule has 2 heterocycles. The zero-order valence-corrected chi connectivity index (χ0v) is 19.7. The molecule has 7 heteroatoms. The number of hydrogen-bond acceptors (Lipinski definition) is 4. The number of H-pyrrole nitrogens is 1. The number of rotatable bonds is 5. The summed E-state index contributed by atoms with van der Waals surface area (Å²) in [6, 6.07) is 21.1. The molecule has 0 radical (unpaired) electrons. The van der Waals surface area contributed by atoms with Crippen LogP contribution in [0.3, 0.4) is 0 Å². The molecule has 33 heavy (non-hydrogen) atoms. The molecular formula is C26H22ClN3O2S. The van der Waals surface area contributed by atoms with E-state index in [1.54, 1.807) is 23.9 Å². The zero-order chi connectivity index (χ0) is 23.1.